The van der Waals surface area contributed by atoms with Crippen LogP contribution in [0, 0.1) is 0 Å². The lowest BCUT2D eigenvalue weighted by atomic mass is 10.1. The molecule has 1 amide bonds. The highest BCUT2D eigenvalue weighted by atomic mass is 79.9. The molecule has 9 heteroatoms. The Bertz CT molecular complexity index is 1480. The maximum atomic E-state index is 14.0. The van der Waals surface area contributed by atoms with Crippen LogP contribution in [-0.2, 0) is 4.79 Å². The van der Waals surface area contributed by atoms with Crippen molar-refractivity contribution in [3.8, 4) is 17.1 Å². The van der Waals surface area contributed by atoms with Gasteiger partial charge >= 0.3 is 5.82 Å². The highest BCUT2D eigenvalue weighted by Crippen LogP contribution is 2.37. The Morgan fingerprint density at radius 1 is 1.03 bits per heavy atom. The molecule has 1 aliphatic rings. The van der Waals surface area contributed by atoms with Crippen molar-refractivity contribution < 1.29 is 4.79 Å². The number of hydrogen-bond acceptors (Lipinski definition) is 4. The third-order valence-electron chi connectivity index (χ3n) is 5.49. The van der Waals surface area contributed by atoms with Crippen molar-refractivity contribution in [2.45, 2.75) is 6.04 Å². The van der Waals surface area contributed by atoms with Gasteiger partial charge in [0, 0.05) is 22.1 Å². The molecule has 2 heterocycles. The predicted octanol–water partition coefficient (Wildman–Crippen LogP) is 5.40. The standard InChI is InChI=1S/C25H17BrClN5O2/c1-28-24(33)21-20-23(32(30-21)19-5-3-2-4-6-19)29-22(15-7-9-16(26)10-8-15)31(25(20)34)18-13-11-17(27)12-14-18/h2-14,21H,1H3/p+1. The zero-order valence-electron chi connectivity index (χ0n) is 17.9. The number of azo groups is 2. The quantitative estimate of drug-likeness (QED) is 0.355. The van der Waals surface area contributed by atoms with Crippen LogP contribution in [0.3, 0.4) is 0 Å². The molecule has 3 aromatic carbocycles. The Morgan fingerprint density at radius 3 is 2.35 bits per heavy atom. The maximum absolute atomic E-state index is 14.0. The predicted molar refractivity (Wildman–Crippen MR) is 135 cm³/mol. The fourth-order valence-corrected chi connectivity index (χ4v) is 4.24. The summed E-state index contributed by atoms with van der Waals surface area (Å²) in [6.07, 6.45) is 0. The molecule has 34 heavy (non-hydrogen) atoms. The minimum absolute atomic E-state index is 0.207. The summed E-state index contributed by atoms with van der Waals surface area (Å²) in [5.41, 5.74) is 1.85. The molecule has 1 aromatic heterocycles. The fourth-order valence-electron chi connectivity index (χ4n) is 3.85. The molecule has 0 fully saturated rings. The lowest BCUT2D eigenvalue weighted by Gasteiger charge is -2.11. The number of nitrogens with one attached hydrogen (secondary N) is 1. The van der Waals surface area contributed by atoms with Crippen LogP contribution >= 0.6 is 27.5 Å². The van der Waals surface area contributed by atoms with Crippen LogP contribution in [0.2, 0.25) is 5.02 Å². The Balaban J connectivity index is 1.84. The number of benzene rings is 3. The van der Waals surface area contributed by atoms with E-state index in [1.165, 1.54) is 11.6 Å². The number of carbonyl (C=O) groups is 1. The molecule has 1 N–H and O–H groups in total. The summed E-state index contributed by atoms with van der Waals surface area (Å²) in [4.78, 5) is 31.7. The first kappa shape index (κ1) is 22.2. The largest absolute Gasteiger partial charge is 0.362 e. The van der Waals surface area contributed by atoms with Gasteiger partial charge in [-0.1, -0.05) is 55.5 Å². The van der Waals surface area contributed by atoms with Crippen LogP contribution in [0.15, 0.2) is 93.2 Å². The molecular weight excluding hydrogens is 518 g/mol. The van der Waals surface area contributed by atoms with E-state index in [1.807, 2.05) is 54.6 Å². The van der Waals surface area contributed by atoms with Gasteiger partial charge < -0.3 is 5.32 Å². The summed E-state index contributed by atoms with van der Waals surface area (Å²) in [5.74, 6) is 0.359. The highest BCUT2D eigenvalue weighted by Gasteiger charge is 2.43. The summed E-state index contributed by atoms with van der Waals surface area (Å²) < 4.78 is 3.96. The van der Waals surface area contributed by atoms with Gasteiger partial charge in [0.15, 0.2) is 11.3 Å². The average molecular weight is 536 g/mol. The number of hydrogen-bond donors (Lipinski definition) is 1. The second-order valence-electron chi connectivity index (χ2n) is 7.58. The molecule has 1 aliphatic heterocycles. The van der Waals surface area contributed by atoms with Gasteiger partial charge in [-0.25, -0.2) is 4.57 Å². The molecule has 168 valence electrons. The maximum Gasteiger partial charge on any atom is 0.362 e. The number of fused-ring (bicyclic) bond motifs is 1. The Labute approximate surface area is 208 Å². The van der Waals surface area contributed by atoms with Crippen LogP contribution < -0.4 is 15.6 Å². The fraction of sp³-hybridized carbons (Fsp3) is 0.0800. The number of aromatic nitrogens is 2. The number of nitrogens with zero attached hydrogens (tertiary/aromatic N) is 4. The topological polar surface area (TPSA) is 79.4 Å². The summed E-state index contributed by atoms with van der Waals surface area (Å²) in [5, 5.41) is 7.73. The zero-order valence-corrected chi connectivity index (χ0v) is 20.3. The van der Waals surface area contributed by atoms with E-state index < -0.39 is 11.9 Å². The zero-order chi connectivity index (χ0) is 23.8. The smallest absolute Gasteiger partial charge is 0.357 e. The first-order valence-corrected chi connectivity index (χ1v) is 11.6. The van der Waals surface area contributed by atoms with Gasteiger partial charge in [0.05, 0.1) is 5.69 Å². The minimum atomic E-state index is -1.03. The summed E-state index contributed by atoms with van der Waals surface area (Å²) in [7, 11) is 1.52. The molecule has 1 unspecified atom stereocenters. The number of carbonyl (C=O) groups excluding carboxylic acids is 1. The number of halogens is 2. The van der Waals surface area contributed by atoms with Gasteiger partial charge in [-0.05, 0) is 65.6 Å². The van der Waals surface area contributed by atoms with E-state index in [4.69, 9.17) is 16.6 Å². The lowest BCUT2D eigenvalue weighted by molar-refractivity contribution is -0.122. The van der Waals surface area contributed by atoms with E-state index in [-0.39, 0.29) is 11.1 Å². The number of amides is 1. The molecule has 5 rings (SSSR count). The molecule has 0 saturated heterocycles. The average Bonchev–Trinajstić information content (AvgIpc) is 3.25. The highest BCUT2D eigenvalue weighted by molar-refractivity contribution is 9.10. The minimum Gasteiger partial charge on any atom is -0.357 e. The lowest BCUT2D eigenvalue weighted by Crippen LogP contribution is -2.31. The van der Waals surface area contributed by atoms with E-state index in [0.717, 1.165) is 10.0 Å². The van der Waals surface area contributed by atoms with Gasteiger partial charge in [-0.15, -0.1) is 0 Å². The Hall–Kier alpha value is -3.62. The van der Waals surface area contributed by atoms with Crippen molar-refractivity contribution in [3.63, 3.8) is 0 Å². The summed E-state index contributed by atoms with van der Waals surface area (Å²) in [6, 6.07) is 22.7. The first-order chi connectivity index (χ1) is 16.5. The van der Waals surface area contributed by atoms with Crippen LogP contribution in [0.4, 0.5) is 11.5 Å². The van der Waals surface area contributed by atoms with Crippen molar-refractivity contribution >= 4 is 44.9 Å². The van der Waals surface area contributed by atoms with Gasteiger partial charge in [0.25, 0.3) is 17.3 Å². The second-order valence-corrected chi connectivity index (χ2v) is 8.93. The third-order valence-corrected chi connectivity index (χ3v) is 6.27. The van der Waals surface area contributed by atoms with Crippen molar-refractivity contribution in [2.75, 3.05) is 7.05 Å². The van der Waals surface area contributed by atoms with E-state index in [1.54, 1.807) is 29.0 Å². The Morgan fingerprint density at radius 2 is 1.71 bits per heavy atom. The molecule has 4 aromatic rings. The van der Waals surface area contributed by atoms with Crippen molar-refractivity contribution in [2.24, 2.45) is 5.11 Å². The molecule has 1 atom stereocenters. The monoisotopic (exact) mass is 534 g/mol. The molecular formula is C25H18BrClN5O2+. The van der Waals surface area contributed by atoms with Crippen LogP contribution in [0.25, 0.3) is 17.1 Å². The normalized spacial score (nSPS) is 14.4. The van der Waals surface area contributed by atoms with E-state index in [2.05, 4.69) is 26.4 Å². The van der Waals surface area contributed by atoms with Crippen LogP contribution in [0.5, 0.6) is 0 Å². The first-order valence-electron chi connectivity index (χ1n) is 10.4. The number of rotatable bonds is 4. The van der Waals surface area contributed by atoms with Gasteiger partial charge in [-0.2, -0.15) is 0 Å². The van der Waals surface area contributed by atoms with E-state index >= 15 is 0 Å². The van der Waals surface area contributed by atoms with Gasteiger partial charge in [-0.3, -0.25) is 9.59 Å². The summed E-state index contributed by atoms with van der Waals surface area (Å²) >= 11 is 9.55. The molecule has 0 aliphatic carbocycles. The summed E-state index contributed by atoms with van der Waals surface area (Å²) in [6.45, 7) is 0. The number of para-hydroxylation sites is 1. The third kappa shape index (κ3) is 3.85. The second kappa shape index (κ2) is 8.96. The van der Waals surface area contributed by atoms with E-state index in [0.29, 0.717) is 28.0 Å². The molecule has 0 bridgehead atoms. The van der Waals surface area contributed by atoms with Crippen molar-refractivity contribution in [1.29, 1.82) is 0 Å². The van der Waals surface area contributed by atoms with Crippen molar-refractivity contribution in [1.82, 2.24) is 19.6 Å². The van der Waals surface area contributed by atoms with E-state index in [9.17, 15) is 9.59 Å². The molecule has 7 nitrogen and oxygen atoms in total. The SMILES string of the molecule is CNC(=O)C1N=[N+](c2ccccc2)c2nc(-c3ccc(Br)cc3)n(-c3ccc(Cl)cc3)c(=O)c21. The van der Waals surface area contributed by atoms with Gasteiger partial charge in [0.2, 0.25) is 6.04 Å². The van der Waals surface area contributed by atoms with Crippen molar-refractivity contribution in [3.05, 3.63) is 104 Å². The van der Waals surface area contributed by atoms with Gasteiger partial charge in [0.1, 0.15) is 0 Å². The number of likely N-dealkylation sites (N-methyl/N-ethyl adjacent to an activating group) is 1. The Kier molecular flexibility index (Phi) is 5.85. The van der Waals surface area contributed by atoms with Crippen LogP contribution in [0.1, 0.15) is 11.6 Å². The molecule has 0 saturated carbocycles. The van der Waals surface area contributed by atoms with Crippen LogP contribution in [-0.4, -0.2) is 22.5 Å². The molecule has 0 radical (unpaired) electrons. The molecule has 0 spiro atoms.